The van der Waals surface area contributed by atoms with E-state index in [1.54, 1.807) is 6.20 Å². The van der Waals surface area contributed by atoms with Crippen LogP contribution >= 0.6 is 0 Å². The number of aromatic nitrogens is 1. The van der Waals surface area contributed by atoms with Crippen molar-refractivity contribution < 1.29 is 15.0 Å². The quantitative estimate of drug-likeness (QED) is 0.865. The summed E-state index contributed by atoms with van der Waals surface area (Å²) in [6.07, 6.45) is 1.88. The number of carboxylic acid groups (broad SMARTS) is 1. The molecule has 0 bridgehead atoms. The van der Waals surface area contributed by atoms with Gasteiger partial charge in [0.15, 0.2) is 0 Å². The maximum atomic E-state index is 12.2. The number of aliphatic hydroxyl groups excluding tert-OH is 1. The summed E-state index contributed by atoms with van der Waals surface area (Å²) in [5.74, 6) is -1.25. The molecule has 2 N–H and O–H groups in total. The fraction of sp³-hybridized carbons (Fsp3) is 0.200. The van der Waals surface area contributed by atoms with Crippen LogP contribution in [0.1, 0.15) is 28.4 Å². The van der Waals surface area contributed by atoms with Crippen molar-refractivity contribution in [2.45, 2.75) is 12.5 Å². The van der Waals surface area contributed by atoms with E-state index >= 15 is 0 Å². The van der Waals surface area contributed by atoms with Crippen LogP contribution < -0.4 is 5.56 Å². The van der Waals surface area contributed by atoms with Crippen LogP contribution in [-0.4, -0.2) is 27.4 Å². The zero-order valence-corrected chi connectivity index (χ0v) is 10.8. The van der Waals surface area contributed by atoms with E-state index < -0.39 is 11.5 Å². The molecule has 2 rings (SSSR count). The number of hydrogen-bond donors (Lipinski definition) is 2. The normalized spacial score (nSPS) is 12.1. The van der Waals surface area contributed by atoms with Gasteiger partial charge >= 0.3 is 5.97 Å². The maximum Gasteiger partial charge on any atom is 0.341 e. The summed E-state index contributed by atoms with van der Waals surface area (Å²) in [5, 5.41) is 18.2. The van der Waals surface area contributed by atoms with Crippen molar-refractivity contribution in [1.29, 1.82) is 0 Å². The number of carbonyl (C=O) groups is 1. The number of nitrogens with zero attached hydrogens (tertiary/aromatic N) is 1. The van der Waals surface area contributed by atoms with Gasteiger partial charge in [-0.2, -0.15) is 0 Å². The standard InChI is InChI=1S/C15H15NO4/c17-10-8-13(11-5-2-1-3-6-11)16-9-4-7-12(14(16)18)15(19)20/h1-7,9,13,17H,8,10H2,(H,19,20). The Morgan fingerprint density at radius 3 is 2.45 bits per heavy atom. The predicted molar refractivity (Wildman–Crippen MR) is 73.9 cm³/mol. The molecule has 0 spiro atoms. The molecule has 0 saturated carbocycles. The van der Waals surface area contributed by atoms with Crippen LogP contribution in [0.5, 0.6) is 0 Å². The van der Waals surface area contributed by atoms with Crippen LogP contribution in [0, 0.1) is 0 Å². The van der Waals surface area contributed by atoms with Gasteiger partial charge in [0, 0.05) is 12.8 Å². The molecular formula is C15H15NO4. The highest BCUT2D eigenvalue weighted by Crippen LogP contribution is 2.20. The molecule has 20 heavy (non-hydrogen) atoms. The molecule has 0 radical (unpaired) electrons. The largest absolute Gasteiger partial charge is 0.477 e. The first-order chi connectivity index (χ1) is 9.65. The smallest absolute Gasteiger partial charge is 0.341 e. The van der Waals surface area contributed by atoms with E-state index in [0.717, 1.165) is 5.56 Å². The van der Waals surface area contributed by atoms with Crippen LogP contribution in [0.2, 0.25) is 0 Å². The Morgan fingerprint density at radius 1 is 1.15 bits per heavy atom. The van der Waals surface area contributed by atoms with Gasteiger partial charge in [-0.3, -0.25) is 4.79 Å². The first kappa shape index (κ1) is 14.0. The number of carboxylic acids is 1. The second kappa shape index (κ2) is 6.16. The zero-order valence-electron chi connectivity index (χ0n) is 10.8. The van der Waals surface area contributed by atoms with E-state index in [1.165, 1.54) is 16.7 Å². The van der Waals surface area contributed by atoms with E-state index in [9.17, 15) is 14.7 Å². The number of rotatable bonds is 5. The number of pyridine rings is 1. The Balaban J connectivity index is 2.53. The van der Waals surface area contributed by atoms with Crippen LogP contribution in [0.15, 0.2) is 53.5 Å². The Hall–Kier alpha value is -2.40. The lowest BCUT2D eigenvalue weighted by molar-refractivity contribution is 0.0694. The minimum absolute atomic E-state index is 0.0939. The van der Waals surface area contributed by atoms with Crippen molar-refractivity contribution in [3.63, 3.8) is 0 Å². The van der Waals surface area contributed by atoms with Gasteiger partial charge in [-0.25, -0.2) is 4.79 Å². The Morgan fingerprint density at radius 2 is 1.85 bits per heavy atom. The molecule has 0 aliphatic heterocycles. The van der Waals surface area contributed by atoms with Crippen molar-refractivity contribution in [2.24, 2.45) is 0 Å². The summed E-state index contributed by atoms with van der Waals surface area (Å²) in [4.78, 5) is 23.2. The maximum absolute atomic E-state index is 12.2. The molecule has 1 unspecified atom stereocenters. The third kappa shape index (κ3) is 2.78. The molecule has 5 nitrogen and oxygen atoms in total. The van der Waals surface area contributed by atoms with Crippen molar-refractivity contribution in [3.05, 3.63) is 70.1 Å². The molecule has 0 amide bonds. The van der Waals surface area contributed by atoms with Gasteiger partial charge < -0.3 is 14.8 Å². The van der Waals surface area contributed by atoms with E-state index in [0.29, 0.717) is 6.42 Å². The molecule has 1 aromatic heterocycles. The summed E-state index contributed by atoms with van der Waals surface area (Å²) in [6.45, 7) is -0.0939. The van der Waals surface area contributed by atoms with E-state index in [4.69, 9.17) is 5.11 Å². The van der Waals surface area contributed by atoms with Gasteiger partial charge in [-0.05, 0) is 24.1 Å². The van der Waals surface area contributed by atoms with Crippen LogP contribution in [0.3, 0.4) is 0 Å². The summed E-state index contributed by atoms with van der Waals surface area (Å²) in [6, 6.07) is 11.7. The van der Waals surface area contributed by atoms with Gasteiger partial charge in [0.25, 0.3) is 5.56 Å². The summed E-state index contributed by atoms with van der Waals surface area (Å²) < 4.78 is 1.36. The van der Waals surface area contributed by atoms with Crippen molar-refractivity contribution in [2.75, 3.05) is 6.61 Å². The molecule has 1 aromatic carbocycles. The molecule has 1 heterocycles. The number of benzene rings is 1. The number of aromatic carboxylic acids is 1. The van der Waals surface area contributed by atoms with Gasteiger partial charge in [-0.1, -0.05) is 30.3 Å². The third-order valence-corrected chi connectivity index (χ3v) is 3.13. The fourth-order valence-corrected chi connectivity index (χ4v) is 2.18. The van der Waals surface area contributed by atoms with Crippen molar-refractivity contribution in [1.82, 2.24) is 4.57 Å². The number of aliphatic hydroxyl groups is 1. The first-order valence-electron chi connectivity index (χ1n) is 6.25. The van der Waals surface area contributed by atoms with Crippen LogP contribution in [0.25, 0.3) is 0 Å². The molecular weight excluding hydrogens is 258 g/mol. The molecule has 104 valence electrons. The highest BCUT2D eigenvalue weighted by molar-refractivity contribution is 5.87. The van der Waals surface area contributed by atoms with Gasteiger partial charge in [0.05, 0.1) is 6.04 Å². The van der Waals surface area contributed by atoms with Gasteiger partial charge in [0.1, 0.15) is 5.56 Å². The molecule has 0 fully saturated rings. The first-order valence-corrected chi connectivity index (χ1v) is 6.25. The Labute approximate surface area is 115 Å². The van der Waals surface area contributed by atoms with Gasteiger partial charge in [-0.15, -0.1) is 0 Å². The average molecular weight is 273 g/mol. The SMILES string of the molecule is O=C(O)c1cccn(C(CCO)c2ccccc2)c1=O. The zero-order chi connectivity index (χ0) is 14.5. The molecule has 0 aliphatic rings. The molecule has 0 aliphatic carbocycles. The third-order valence-electron chi connectivity index (χ3n) is 3.13. The lowest BCUT2D eigenvalue weighted by atomic mass is 10.0. The van der Waals surface area contributed by atoms with E-state index in [2.05, 4.69) is 0 Å². The highest BCUT2D eigenvalue weighted by atomic mass is 16.4. The predicted octanol–water partition coefficient (Wildman–Crippen LogP) is 1.52. The Bertz CT molecular complexity index is 648. The fourth-order valence-electron chi connectivity index (χ4n) is 2.18. The van der Waals surface area contributed by atoms with E-state index in [1.807, 2.05) is 30.3 Å². The minimum Gasteiger partial charge on any atom is -0.477 e. The lowest BCUT2D eigenvalue weighted by Crippen LogP contribution is -2.30. The highest BCUT2D eigenvalue weighted by Gasteiger charge is 2.17. The summed E-state index contributed by atoms with van der Waals surface area (Å²) >= 11 is 0. The van der Waals surface area contributed by atoms with Crippen molar-refractivity contribution in [3.8, 4) is 0 Å². The van der Waals surface area contributed by atoms with E-state index in [-0.39, 0.29) is 18.2 Å². The molecule has 1 atom stereocenters. The average Bonchev–Trinajstić information content (AvgIpc) is 2.46. The van der Waals surface area contributed by atoms with Crippen LogP contribution in [0.4, 0.5) is 0 Å². The molecule has 0 saturated heterocycles. The van der Waals surface area contributed by atoms with Gasteiger partial charge in [0.2, 0.25) is 0 Å². The monoisotopic (exact) mass is 273 g/mol. The summed E-state index contributed by atoms with van der Waals surface area (Å²) in [7, 11) is 0. The van der Waals surface area contributed by atoms with Crippen molar-refractivity contribution >= 4 is 5.97 Å². The Kier molecular flexibility index (Phi) is 4.32. The summed E-state index contributed by atoms with van der Waals surface area (Å²) in [5.41, 5.74) is 0.0138. The second-order valence-electron chi connectivity index (χ2n) is 4.38. The minimum atomic E-state index is -1.25. The topological polar surface area (TPSA) is 79.5 Å². The van der Waals surface area contributed by atoms with Crippen LogP contribution in [-0.2, 0) is 0 Å². The second-order valence-corrected chi connectivity index (χ2v) is 4.38. The molecule has 2 aromatic rings. The lowest BCUT2D eigenvalue weighted by Gasteiger charge is -2.19. The molecule has 5 heteroatoms. The number of hydrogen-bond acceptors (Lipinski definition) is 3.